The summed E-state index contributed by atoms with van der Waals surface area (Å²) >= 11 is 0. The normalized spacial score (nSPS) is 9.50. The fourth-order valence-corrected chi connectivity index (χ4v) is 1.06. The molecule has 0 aliphatic rings. The van der Waals surface area contributed by atoms with Crippen LogP contribution in [-0.2, 0) is 4.79 Å². The predicted molar refractivity (Wildman–Crippen MR) is 58.9 cm³/mol. The van der Waals surface area contributed by atoms with Gasteiger partial charge in [0.25, 0.3) is 5.91 Å². The Morgan fingerprint density at radius 1 is 1.44 bits per heavy atom. The number of nitrogens with one attached hydrogen (secondary N) is 2. The van der Waals surface area contributed by atoms with Gasteiger partial charge in [-0.05, 0) is 12.1 Å². The molecule has 5 nitrogen and oxygen atoms in total. The first-order valence-corrected chi connectivity index (χ1v) is 4.93. The van der Waals surface area contributed by atoms with E-state index in [2.05, 4.69) is 17.2 Å². The van der Waals surface area contributed by atoms with Gasteiger partial charge >= 0.3 is 0 Å². The van der Waals surface area contributed by atoms with Crippen LogP contribution in [0.1, 0.15) is 17.0 Å². The summed E-state index contributed by atoms with van der Waals surface area (Å²) in [5.41, 5.74) is 0. The van der Waals surface area contributed by atoms with Crippen LogP contribution in [0.4, 0.5) is 0 Å². The lowest BCUT2D eigenvalue weighted by atomic mass is 10.3. The molecule has 86 valence electrons. The lowest BCUT2D eigenvalue weighted by Gasteiger charge is -2.03. The molecule has 0 saturated carbocycles. The monoisotopic (exact) mass is 222 g/mol. The molecule has 1 rings (SSSR count). The summed E-state index contributed by atoms with van der Waals surface area (Å²) in [5.74, 6) is -0.201. The Hall–Kier alpha value is -2.04. The largest absolute Gasteiger partial charge is 0.459 e. The maximum absolute atomic E-state index is 11.3. The van der Waals surface area contributed by atoms with E-state index in [1.165, 1.54) is 6.26 Å². The average Bonchev–Trinajstić information content (AvgIpc) is 2.79. The van der Waals surface area contributed by atoms with Gasteiger partial charge in [-0.15, -0.1) is 6.58 Å². The zero-order chi connectivity index (χ0) is 11.8. The van der Waals surface area contributed by atoms with E-state index < -0.39 is 0 Å². The van der Waals surface area contributed by atoms with Gasteiger partial charge in [-0.2, -0.15) is 0 Å². The Balaban J connectivity index is 2.18. The third kappa shape index (κ3) is 4.00. The molecule has 0 unspecified atom stereocenters. The van der Waals surface area contributed by atoms with E-state index in [-0.39, 0.29) is 30.5 Å². The molecule has 1 aromatic heterocycles. The van der Waals surface area contributed by atoms with Crippen molar-refractivity contribution in [1.29, 1.82) is 0 Å². The molecule has 0 aliphatic heterocycles. The van der Waals surface area contributed by atoms with Crippen LogP contribution in [-0.4, -0.2) is 24.9 Å². The molecule has 1 aromatic rings. The Morgan fingerprint density at radius 3 is 2.88 bits per heavy atom. The summed E-state index contributed by atoms with van der Waals surface area (Å²) in [6, 6.07) is 3.19. The highest BCUT2D eigenvalue weighted by atomic mass is 16.3. The first-order chi connectivity index (χ1) is 7.74. The van der Waals surface area contributed by atoms with Crippen molar-refractivity contribution in [3.05, 3.63) is 36.8 Å². The Kier molecular flexibility index (Phi) is 4.85. The number of rotatable bonds is 6. The Bertz CT molecular complexity index is 357. The fourth-order valence-electron chi connectivity index (χ4n) is 1.06. The standard InChI is InChI=1S/C11H14N2O3/c1-2-6-12-10(14)5-7-13-11(15)9-4-3-8-16-9/h2-4,8H,1,5-7H2,(H,12,14)(H,13,15). The predicted octanol–water partition coefficient (Wildman–Crippen LogP) is 0.702. The molecule has 1 heterocycles. The van der Waals surface area contributed by atoms with Crippen molar-refractivity contribution in [2.75, 3.05) is 13.1 Å². The molecule has 0 saturated heterocycles. The first kappa shape index (κ1) is 12.0. The number of carbonyl (C=O) groups excluding carboxylic acids is 2. The summed E-state index contributed by atoms with van der Waals surface area (Å²) in [6.07, 6.45) is 3.26. The lowest BCUT2D eigenvalue weighted by Crippen LogP contribution is -2.30. The molecule has 0 atom stereocenters. The quantitative estimate of drug-likeness (QED) is 0.696. The van der Waals surface area contributed by atoms with E-state index >= 15 is 0 Å². The van der Waals surface area contributed by atoms with Crippen LogP contribution >= 0.6 is 0 Å². The third-order valence-corrected chi connectivity index (χ3v) is 1.83. The van der Waals surface area contributed by atoms with E-state index in [0.29, 0.717) is 6.54 Å². The smallest absolute Gasteiger partial charge is 0.286 e. The van der Waals surface area contributed by atoms with Crippen LogP contribution in [0.15, 0.2) is 35.5 Å². The zero-order valence-corrected chi connectivity index (χ0v) is 8.86. The van der Waals surface area contributed by atoms with Gasteiger partial charge in [0.15, 0.2) is 5.76 Å². The van der Waals surface area contributed by atoms with E-state index in [0.717, 1.165) is 0 Å². The minimum Gasteiger partial charge on any atom is -0.459 e. The van der Waals surface area contributed by atoms with Gasteiger partial charge in [0.05, 0.1) is 6.26 Å². The molecule has 16 heavy (non-hydrogen) atoms. The topological polar surface area (TPSA) is 71.3 Å². The molecule has 0 spiro atoms. The molecular formula is C11H14N2O3. The molecule has 0 fully saturated rings. The van der Waals surface area contributed by atoms with E-state index in [1.807, 2.05) is 0 Å². The van der Waals surface area contributed by atoms with Crippen LogP contribution in [0.5, 0.6) is 0 Å². The van der Waals surface area contributed by atoms with E-state index in [4.69, 9.17) is 4.42 Å². The van der Waals surface area contributed by atoms with E-state index in [1.54, 1.807) is 18.2 Å². The third-order valence-electron chi connectivity index (χ3n) is 1.83. The maximum Gasteiger partial charge on any atom is 0.286 e. The molecule has 0 radical (unpaired) electrons. The first-order valence-electron chi connectivity index (χ1n) is 4.93. The molecule has 0 bridgehead atoms. The van der Waals surface area contributed by atoms with Crippen molar-refractivity contribution in [3.8, 4) is 0 Å². The average molecular weight is 222 g/mol. The van der Waals surface area contributed by atoms with Gasteiger partial charge in [-0.3, -0.25) is 9.59 Å². The van der Waals surface area contributed by atoms with Gasteiger partial charge in [-0.1, -0.05) is 6.08 Å². The van der Waals surface area contributed by atoms with Crippen molar-refractivity contribution >= 4 is 11.8 Å². The number of amides is 2. The maximum atomic E-state index is 11.3. The summed E-state index contributed by atoms with van der Waals surface area (Å²) in [7, 11) is 0. The molecule has 2 N–H and O–H groups in total. The fraction of sp³-hybridized carbons (Fsp3) is 0.273. The molecule has 2 amide bonds. The Morgan fingerprint density at radius 2 is 2.25 bits per heavy atom. The number of carbonyl (C=O) groups is 2. The second kappa shape index (κ2) is 6.44. The number of hydrogen-bond acceptors (Lipinski definition) is 3. The summed E-state index contributed by atoms with van der Waals surface area (Å²) < 4.78 is 4.89. The van der Waals surface area contributed by atoms with Gasteiger partial charge < -0.3 is 15.1 Å². The summed E-state index contributed by atoms with van der Waals surface area (Å²) in [5, 5.41) is 5.18. The highest BCUT2D eigenvalue weighted by molar-refractivity contribution is 5.91. The van der Waals surface area contributed by atoms with E-state index in [9.17, 15) is 9.59 Å². The minimum absolute atomic E-state index is 0.125. The molecule has 0 aromatic carbocycles. The van der Waals surface area contributed by atoms with Gasteiger partial charge in [-0.25, -0.2) is 0 Å². The van der Waals surface area contributed by atoms with Gasteiger partial charge in [0.2, 0.25) is 5.91 Å². The van der Waals surface area contributed by atoms with Gasteiger partial charge in [0, 0.05) is 19.5 Å². The number of hydrogen-bond donors (Lipinski definition) is 2. The number of furan rings is 1. The highest BCUT2D eigenvalue weighted by Crippen LogP contribution is 1.98. The lowest BCUT2D eigenvalue weighted by molar-refractivity contribution is -0.120. The van der Waals surface area contributed by atoms with Crippen molar-refractivity contribution in [3.63, 3.8) is 0 Å². The van der Waals surface area contributed by atoms with Crippen LogP contribution in [0, 0.1) is 0 Å². The second-order valence-electron chi connectivity index (χ2n) is 3.08. The summed E-state index contributed by atoms with van der Waals surface area (Å²) in [4.78, 5) is 22.5. The second-order valence-corrected chi connectivity index (χ2v) is 3.08. The molecule has 5 heteroatoms. The van der Waals surface area contributed by atoms with Crippen LogP contribution < -0.4 is 10.6 Å². The van der Waals surface area contributed by atoms with Crippen molar-refractivity contribution in [1.82, 2.24) is 10.6 Å². The summed E-state index contributed by atoms with van der Waals surface area (Å²) in [6.45, 7) is 4.19. The van der Waals surface area contributed by atoms with Crippen molar-refractivity contribution in [2.24, 2.45) is 0 Å². The molecular weight excluding hydrogens is 208 g/mol. The van der Waals surface area contributed by atoms with Crippen LogP contribution in [0.25, 0.3) is 0 Å². The van der Waals surface area contributed by atoms with Crippen LogP contribution in [0.2, 0.25) is 0 Å². The van der Waals surface area contributed by atoms with Crippen LogP contribution in [0.3, 0.4) is 0 Å². The zero-order valence-electron chi connectivity index (χ0n) is 8.86. The van der Waals surface area contributed by atoms with Crippen molar-refractivity contribution < 1.29 is 14.0 Å². The van der Waals surface area contributed by atoms with Crippen molar-refractivity contribution in [2.45, 2.75) is 6.42 Å². The van der Waals surface area contributed by atoms with Gasteiger partial charge in [0.1, 0.15) is 0 Å². The minimum atomic E-state index is -0.318. The SMILES string of the molecule is C=CCNC(=O)CCNC(=O)c1ccco1. The Labute approximate surface area is 93.5 Å². The molecule has 0 aliphatic carbocycles. The highest BCUT2D eigenvalue weighted by Gasteiger charge is 2.07.